The maximum Gasteiger partial charge on any atom is 0.227 e. The second kappa shape index (κ2) is 7.44. The van der Waals surface area contributed by atoms with Crippen molar-refractivity contribution in [3.63, 3.8) is 0 Å². The van der Waals surface area contributed by atoms with Crippen molar-refractivity contribution >= 4 is 23.2 Å². The van der Waals surface area contributed by atoms with Crippen molar-refractivity contribution in [3.05, 3.63) is 54.0 Å². The van der Waals surface area contributed by atoms with E-state index in [0.717, 1.165) is 17.7 Å². The van der Waals surface area contributed by atoms with Gasteiger partial charge in [-0.15, -0.1) is 0 Å². The van der Waals surface area contributed by atoms with Crippen molar-refractivity contribution in [2.75, 3.05) is 6.54 Å². The van der Waals surface area contributed by atoms with Gasteiger partial charge in [0.1, 0.15) is 11.8 Å². The number of hydrogen-bond acceptors (Lipinski definition) is 4. The SMILES string of the molecule is CCN=C(NS(=O)c1cccc(C)c1)N1N=CCC1c1ccco1. The van der Waals surface area contributed by atoms with Crippen molar-refractivity contribution in [2.45, 2.75) is 31.2 Å². The molecule has 7 heteroatoms. The van der Waals surface area contributed by atoms with Gasteiger partial charge < -0.3 is 4.42 Å². The molecule has 0 spiro atoms. The van der Waals surface area contributed by atoms with Crippen molar-refractivity contribution in [1.29, 1.82) is 0 Å². The van der Waals surface area contributed by atoms with E-state index in [2.05, 4.69) is 14.8 Å². The molecule has 2 atom stereocenters. The largest absolute Gasteiger partial charge is 0.467 e. The van der Waals surface area contributed by atoms with E-state index in [-0.39, 0.29) is 6.04 Å². The number of nitrogens with one attached hydrogen (secondary N) is 1. The van der Waals surface area contributed by atoms with Gasteiger partial charge in [-0.05, 0) is 43.7 Å². The molecule has 1 N–H and O–H groups in total. The molecule has 0 saturated heterocycles. The Labute approximate surface area is 143 Å². The van der Waals surface area contributed by atoms with Crippen LogP contribution in [0.25, 0.3) is 0 Å². The smallest absolute Gasteiger partial charge is 0.227 e. The fourth-order valence-corrected chi connectivity index (χ4v) is 3.45. The molecule has 0 radical (unpaired) electrons. The van der Waals surface area contributed by atoms with E-state index in [4.69, 9.17) is 4.42 Å². The van der Waals surface area contributed by atoms with E-state index in [1.165, 1.54) is 0 Å². The second-order valence-corrected chi connectivity index (χ2v) is 6.61. The van der Waals surface area contributed by atoms with Crippen molar-refractivity contribution in [3.8, 4) is 0 Å². The van der Waals surface area contributed by atoms with Gasteiger partial charge in [0, 0.05) is 19.2 Å². The molecule has 0 aliphatic carbocycles. The Kier molecular flexibility index (Phi) is 5.10. The minimum atomic E-state index is -1.41. The highest BCUT2D eigenvalue weighted by Gasteiger charge is 2.29. The third kappa shape index (κ3) is 3.56. The van der Waals surface area contributed by atoms with Gasteiger partial charge in [0.15, 0.2) is 11.0 Å². The number of nitrogens with zero attached hydrogens (tertiary/aromatic N) is 3. The van der Waals surface area contributed by atoms with Crippen molar-refractivity contribution < 1.29 is 8.63 Å². The first-order valence-corrected chi connectivity index (χ1v) is 8.98. The molecule has 126 valence electrons. The lowest BCUT2D eigenvalue weighted by atomic mass is 10.2. The summed E-state index contributed by atoms with van der Waals surface area (Å²) in [7, 11) is -1.41. The minimum Gasteiger partial charge on any atom is -0.467 e. The van der Waals surface area contributed by atoms with Gasteiger partial charge in [0.25, 0.3) is 0 Å². The molecular weight excluding hydrogens is 324 g/mol. The molecule has 0 saturated carbocycles. The molecule has 1 aliphatic heterocycles. The van der Waals surface area contributed by atoms with Crippen molar-refractivity contribution in [1.82, 2.24) is 9.73 Å². The quantitative estimate of drug-likeness (QED) is 0.685. The molecule has 0 fully saturated rings. The number of aryl methyl sites for hydroxylation is 1. The van der Waals surface area contributed by atoms with Gasteiger partial charge in [0.2, 0.25) is 5.96 Å². The summed E-state index contributed by atoms with van der Waals surface area (Å²) < 4.78 is 21.1. The summed E-state index contributed by atoms with van der Waals surface area (Å²) in [6.45, 7) is 4.46. The van der Waals surface area contributed by atoms with Crippen LogP contribution in [0.3, 0.4) is 0 Å². The molecule has 1 aliphatic rings. The van der Waals surface area contributed by atoms with Crippen LogP contribution in [0.2, 0.25) is 0 Å². The first-order chi connectivity index (χ1) is 11.7. The standard InChI is InChI=1S/C17H20N4O2S/c1-3-18-17(20-24(22)14-7-4-6-13(2)12-14)21-15(9-10-19-21)16-8-5-11-23-16/h4-8,10-12,15H,3,9H2,1-2H3,(H,18,20). The Balaban J connectivity index is 1.81. The summed E-state index contributed by atoms with van der Waals surface area (Å²) in [6.07, 6.45) is 4.17. The Morgan fingerprint density at radius 3 is 3.04 bits per heavy atom. The summed E-state index contributed by atoms with van der Waals surface area (Å²) >= 11 is 0. The number of hydrogen-bond donors (Lipinski definition) is 1. The lowest BCUT2D eigenvalue weighted by Gasteiger charge is -2.23. The van der Waals surface area contributed by atoms with Crippen LogP contribution in [-0.4, -0.2) is 27.9 Å². The Morgan fingerprint density at radius 2 is 2.33 bits per heavy atom. The van der Waals surface area contributed by atoms with Gasteiger partial charge in [-0.2, -0.15) is 5.10 Å². The third-order valence-corrected chi connectivity index (χ3v) is 4.66. The highest BCUT2D eigenvalue weighted by Crippen LogP contribution is 2.28. The van der Waals surface area contributed by atoms with Crippen LogP contribution in [-0.2, 0) is 11.0 Å². The number of hydrazone groups is 1. The van der Waals surface area contributed by atoms with E-state index in [0.29, 0.717) is 17.4 Å². The zero-order chi connectivity index (χ0) is 16.9. The fraction of sp³-hybridized carbons (Fsp3) is 0.294. The Morgan fingerprint density at radius 1 is 1.46 bits per heavy atom. The van der Waals surface area contributed by atoms with E-state index >= 15 is 0 Å². The van der Waals surface area contributed by atoms with Gasteiger partial charge in [-0.3, -0.25) is 9.71 Å². The molecule has 1 aromatic carbocycles. The first kappa shape index (κ1) is 16.4. The van der Waals surface area contributed by atoms with E-state index < -0.39 is 11.0 Å². The summed E-state index contributed by atoms with van der Waals surface area (Å²) in [5, 5.41) is 6.11. The molecule has 0 amide bonds. The van der Waals surface area contributed by atoms with Crippen molar-refractivity contribution in [2.24, 2.45) is 10.1 Å². The first-order valence-electron chi connectivity index (χ1n) is 7.83. The maximum atomic E-state index is 12.6. The summed E-state index contributed by atoms with van der Waals surface area (Å²) in [4.78, 5) is 5.14. The molecule has 24 heavy (non-hydrogen) atoms. The number of aliphatic imine (C=N–C) groups is 1. The molecule has 2 aromatic rings. The lowest BCUT2D eigenvalue weighted by molar-refractivity contribution is 0.308. The fourth-order valence-electron chi connectivity index (χ4n) is 2.51. The Bertz CT molecular complexity index is 771. The molecule has 3 rings (SSSR count). The van der Waals surface area contributed by atoms with Crippen LogP contribution in [0.1, 0.15) is 30.7 Å². The summed E-state index contributed by atoms with van der Waals surface area (Å²) in [6, 6.07) is 11.3. The zero-order valence-corrected chi connectivity index (χ0v) is 14.5. The zero-order valence-electron chi connectivity index (χ0n) is 13.7. The Hall–Kier alpha value is -2.41. The highest BCUT2D eigenvalue weighted by molar-refractivity contribution is 7.83. The van der Waals surface area contributed by atoms with Gasteiger partial charge in [-0.1, -0.05) is 12.1 Å². The van der Waals surface area contributed by atoms with Crippen LogP contribution in [0.5, 0.6) is 0 Å². The summed E-state index contributed by atoms with van der Waals surface area (Å²) in [5.41, 5.74) is 1.06. The number of benzene rings is 1. The lowest BCUT2D eigenvalue weighted by Crippen LogP contribution is -2.39. The summed E-state index contributed by atoms with van der Waals surface area (Å²) in [5.74, 6) is 1.28. The normalized spacial score (nSPS) is 18.8. The van der Waals surface area contributed by atoms with Gasteiger partial charge >= 0.3 is 0 Å². The topological polar surface area (TPSA) is 70.2 Å². The van der Waals surface area contributed by atoms with Crippen LogP contribution < -0.4 is 4.72 Å². The molecule has 2 heterocycles. The van der Waals surface area contributed by atoms with Crippen LogP contribution >= 0.6 is 0 Å². The minimum absolute atomic E-state index is 0.0766. The van der Waals surface area contributed by atoms with E-state index in [9.17, 15) is 4.21 Å². The van der Waals surface area contributed by atoms with E-state index in [1.807, 2.05) is 56.5 Å². The predicted octanol–water partition coefficient (Wildman–Crippen LogP) is 3.01. The molecule has 6 nitrogen and oxygen atoms in total. The molecule has 2 unspecified atom stereocenters. The van der Waals surface area contributed by atoms with Crippen LogP contribution in [0.15, 0.2) is 62.1 Å². The highest BCUT2D eigenvalue weighted by atomic mass is 32.2. The van der Waals surface area contributed by atoms with Gasteiger partial charge in [-0.25, -0.2) is 9.22 Å². The van der Waals surface area contributed by atoms with E-state index in [1.54, 1.807) is 11.3 Å². The van der Waals surface area contributed by atoms with Gasteiger partial charge in [0.05, 0.1) is 11.2 Å². The monoisotopic (exact) mass is 344 g/mol. The third-order valence-electron chi connectivity index (χ3n) is 3.61. The average Bonchev–Trinajstić information content (AvgIpc) is 3.25. The van der Waals surface area contributed by atoms with Crippen LogP contribution in [0.4, 0.5) is 0 Å². The average molecular weight is 344 g/mol. The number of furan rings is 1. The maximum absolute atomic E-state index is 12.6. The van der Waals surface area contributed by atoms with Crippen LogP contribution in [0, 0.1) is 6.92 Å². The second-order valence-electron chi connectivity index (χ2n) is 5.39. The molecule has 0 bridgehead atoms. The number of guanidine groups is 1. The number of rotatable bonds is 4. The molecule has 1 aromatic heterocycles. The molecular formula is C17H20N4O2S. The predicted molar refractivity (Wildman–Crippen MR) is 95.1 cm³/mol.